The number of alkyl halides is 3. The lowest BCUT2D eigenvalue weighted by Crippen LogP contribution is -2.39. The highest BCUT2D eigenvalue weighted by Crippen LogP contribution is 2.29. The van der Waals surface area contributed by atoms with Crippen LogP contribution in [0.5, 0.6) is 0 Å². The van der Waals surface area contributed by atoms with E-state index in [1.165, 1.54) is 12.1 Å². The minimum absolute atomic E-state index is 0.149. The Hall–Kier alpha value is -2.64. The Morgan fingerprint density at radius 3 is 2.29 bits per heavy atom. The van der Waals surface area contributed by atoms with Crippen molar-refractivity contribution < 1.29 is 22.4 Å². The summed E-state index contributed by atoms with van der Waals surface area (Å²) in [6, 6.07) is 5.84. The van der Waals surface area contributed by atoms with Crippen LogP contribution in [0.25, 0.3) is 0 Å². The first-order valence-electron chi connectivity index (χ1n) is 7.09. The summed E-state index contributed by atoms with van der Waals surface area (Å²) in [5.41, 5.74) is 0.932. The van der Waals surface area contributed by atoms with Crippen molar-refractivity contribution in [2.24, 2.45) is 0 Å². The molecule has 0 radical (unpaired) electrons. The number of halogens is 4. The van der Waals surface area contributed by atoms with Gasteiger partial charge in [-0.3, -0.25) is 4.98 Å². The van der Waals surface area contributed by atoms with Gasteiger partial charge in [0, 0.05) is 18.9 Å². The van der Waals surface area contributed by atoms with Gasteiger partial charge in [-0.05, 0) is 35.4 Å². The quantitative estimate of drug-likeness (QED) is 0.815. The maximum absolute atomic E-state index is 12.9. The average molecular weight is 341 g/mol. The van der Waals surface area contributed by atoms with Crippen LogP contribution in [0.15, 0.2) is 48.8 Å². The largest absolute Gasteiger partial charge is 0.391 e. The molecule has 2 rings (SSSR count). The number of nitrogens with one attached hydrogen (secondary N) is 2. The highest BCUT2D eigenvalue weighted by molar-refractivity contribution is 5.74. The first-order valence-corrected chi connectivity index (χ1v) is 7.09. The number of benzene rings is 1. The van der Waals surface area contributed by atoms with E-state index in [0.29, 0.717) is 0 Å². The predicted molar refractivity (Wildman–Crippen MR) is 79.4 cm³/mol. The number of amides is 2. The molecule has 1 atom stereocenters. The molecular formula is C16H15F4N3O. The third-order valence-corrected chi connectivity index (χ3v) is 3.22. The number of urea groups is 1. The molecule has 1 aromatic carbocycles. The van der Waals surface area contributed by atoms with Crippen molar-refractivity contribution in [3.05, 3.63) is 65.7 Å². The van der Waals surface area contributed by atoms with E-state index in [-0.39, 0.29) is 12.1 Å². The molecule has 24 heavy (non-hydrogen) atoms. The van der Waals surface area contributed by atoms with E-state index in [9.17, 15) is 22.4 Å². The van der Waals surface area contributed by atoms with Crippen molar-refractivity contribution in [2.45, 2.75) is 25.2 Å². The number of pyridine rings is 1. The number of hydrogen-bond donors (Lipinski definition) is 2. The first-order chi connectivity index (χ1) is 11.3. The van der Waals surface area contributed by atoms with Gasteiger partial charge in [0.2, 0.25) is 0 Å². The van der Waals surface area contributed by atoms with Crippen LogP contribution in [0.3, 0.4) is 0 Å². The van der Waals surface area contributed by atoms with Crippen molar-refractivity contribution in [3.8, 4) is 0 Å². The number of carbonyl (C=O) groups excluding carboxylic acids is 1. The van der Waals surface area contributed by atoms with E-state index in [2.05, 4.69) is 15.6 Å². The monoisotopic (exact) mass is 341 g/mol. The Balaban J connectivity index is 2.01. The summed E-state index contributed by atoms with van der Waals surface area (Å²) in [7, 11) is 0. The molecule has 128 valence electrons. The maximum atomic E-state index is 12.9. The molecule has 0 bridgehead atoms. The highest BCUT2D eigenvalue weighted by atomic mass is 19.4. The zero-order chi connectivity index (χ0) is 17.6. The van der Waals surface area contributed by atoms with E-state index in [4.69, 9.17) is 0 Å². The van der Waals surface area contributed by atoms with Crippen molar-refractivity contribution in [2.75, 3.05) is 0 Å². The molecule has 0 fully saturated rings. The van der Waals surface area contributed by atoms with E-state index >= 15 is 0 Å². The van der Waals surface area contributed by atoms with Crippen LogP contribution in [-0.4, -0.2) is 17.2 Å². The second kappa shape index (κ2) is 7.76. The van der Waals surface area contributed by atoms with Crippen molar-refractivity contribution in [1.82, 2.24) is 15.6 Å². The van der Waals surface area contributed by atoms with Gasteiger partial charge in [-0.2, -0.15) is 13.2 Å². The fourth-order valence-corrected chi connectivity index (χ4v) is 2.07. The Bertz CT molecular complexity index is 659. The number of aromatic nitrogens is 1. The van der Waals surface area contributed by atoms with E-state index in [1.54, 1.807) is 24.5 Å². The zero-order valence-corrected chi connectivity index (χ0v) is 12.5. The molecule has 0 saturated heterocycles. The van der Waals surface area contributed by atoms with Gasteiger partial charge in [0.25, 0.3) is 0 Å². The lowest BCUT2D eigenvalue weighted by molar-refractivity contribution is -0.139. The lowest BCUT2D eigenvalue weighted by Gasteiger charge is -2.21. The molecule has 0 aliphatic rings. The standard InChI is InChI=1S/C16H15F4N3O/c17-13-3-1-12(2-4-13)14(9-16(18,19)20)23-15(24)22-10-11-5-7-21-8-6-11/h1-8,14H,9-10H2,(H2,22,23,24)/t14-/m0/s1. The molecule has 1 heterocycles. The average Bonchev–Trinajstić information content (AvgIpc) is 2.53. The number of rotatable bonds is 5. The molecule has 8 heteroatoms. The van der Waals surface area contributed by atoms with Crippen LogP contribution in [0, 0.1) is 5.82 Å². The molecule has 2 amide bonds. The Morgan fingerprint density at radius 2 is 1.71 bits per heavy atom. The molecule has 2 aromatic rings. The Morgan fingerprint density at radius 1 is 1.08 bits per heavy atom. The molecular weight excluding hydrogens is 326 g/mol. The summed E-state index contributed by atoms with van der Waals surface area (Å²) in [6.07, 6.45) is -2.64. The van der Waals surface area contributed by atoms with Gasteiger partial charge in [-0.1, -0.05) is 12.1 Å². The fraction of sp³-hybridized carbons (Fsp3) is 0.250. The smallest absolute Gasteiger partial charge is 0.334 e. The van der Waals surface area contributed by atoms with Gasteiger partial charge < -0.3 is 10.6 Å². The SMILES string of the molecule is O=C(NCc1ccncc1)N[C@@H](CC(F)(F)F)c1ccc(F)cc1. The highest BCUT2D eigenvalue weighted by Gasteiger charge is 2.33. The first kappa shape index (κ1) is 17.7. The normalized spacial score (nSPS) is 12.5. The second-order valence-electron chi connectivity index (χ2n) is 5.11. The third kappa shape index (κ3) is 5.86. The predicted octanol–water partition coefficient (Wildman–Crippen LogP) is 3.71. The van der Waals surface area contributed by atoms with Crippen LogP contribution in [0.1, 0.15) is 23.6 Å². The Labute approximate surface area is 135 Å². The fourth-order valence-electron chi connectivity index (χ4n) is 2.07. The topological polar surface area (TPSA) is 54.0 Å². The summed E-state index contributed by atoms with van der Waals surface area (Å²) in [4.78, 5) is 15.7. The summed E-state index contributed by atoms with van der Waals surface area (Å²) in [5, 5.41) is 4.75. The minimum atomic E-state index is -4.47. The molecule has 0 aliphatic carbocycles. The van der Waals surface area contributed by atoms with Gasteiger partial charge in [-0.25, -0.2) is 9.18 Å². The van der Waals surface area contributed by atoms with E-state index in [1.807, 2.05) is 0 Å². The van der Waals surface area contributed by atoms with E-state index < -0.39 is 30.5 Å². The molecule has 4 nitrogen and oxygen atoms in total. The minimum Gasteiger partial charge on any atom is -0.334 e. The molecule has 2 N–H and O–H groups in total. The van der Waals surface area contributed by atoms with Gasteiger partial charge in [0.15, 0.2) is 0 Å². The molecule has 1 aromatic heterocycles. The number of hydrogen-bond acceptors (Lipinski definition) is 2. The van der Waals surface area contributed by atoms with Crippen molar-refractivity contribution in [3.63, 3.8) is 0 Å². The van der Waals surface area contributed by atoms with Crippen molar-refractivity contribution in [1.29, 1.82) is 0 Å². The molecule has 0 spiro atoms. The lowest BCUT2D eigenvalue weighted by atomic mass is 10.0. The van der Waals surface area contributed by atoms with E-state index in [0.717, 1.165) is 17.7 Å². The summed E-state index contributed by atoms with van der Waals surface area (Å²) in [6.45, 7) is 0.149. The second-order valence-corrected chi connectivity index (χ2v) is 5.11. The molecule has 0 saturated carbocycles. The summed E-state index contributed by atoms with van der Waals surface area (Å²) in [5.74, 6) is -0.563. The van der Waals surface area contributed by atoms with Crippen LogP contribution in [0.2, 0.25) is 0 Å². The Kier molecular flexibility index (Phi) is 5.73. The van der Waals surface area contributed by atoms with Crippen LogP contribution in [-0.2, 0) is 6.54 Å². The van der Waals surface area contributed by atoms with Gasteiger partial charge in [0.05, 0.1) is 12.5 Å². The molecule has 0 aliphatic heterocycles. The maximum Gasteiger partial charge on any atom is 0.391 e. The summed E-state index contributed by atoms with van der Waals surface area (Å²) < 4.78 is 51.1. The third-order valence-electron chi connectivity index (χ3n) is 3.22. The van der Waals surface area contributed by atoms with Crippen molar-refractivity contribution >= 4 is 6.03 Å². The zero-order valence-electron chi connectivity index (χ0n) is 12.5. The van der Waals surface area contributed by atoms with Crippen LogP contribution < -0.4 is 10.6 Å². The van der Waals surface area contributed by atoms with Crippen LogP contribution in [0.4, 0.5) is 22.4 Å². The summed E-state index contributed by atoms with van der Waals surface area (Å²) >= 11 is 0. The van der Waals surface area contributed by atoms with Gasteiger partial charge >= 0.3 is 12.2 Å². The number of nitrogens with zero attached hydrogens (tertiary/aromatic N) is 1. The number of carbonyl (C=O) groups is 1. The molecule has 0 unspecified atom stereocenters. The van der Waals surface area contributed by atoms with Gasteiger partial charge in [-0.15, -0.1) is 0 Å². The van der Waals surface area contributed by atoms with Gasteiger partial charge in [0.1, 0.15) is 5.82 Å². The van der Waals surface area contributed by atoms with Crippen LogP contribution >= 0.6 is 0 Å².